The SMILES string of the molecule is COCC(CO)NS(=O)(=O)c1scnc1C(=O)O. The van der Waals surface area contributed by atoms with Crippen molar-refractivity contribution < 1.29 is 28.2 Å². The van der Waals surface area contributed by atoms with Crippen LogP contribution < -0.4 is 4.72 Å². The van der Waals surface area contributed by atoms with Gasteiger partial charge in [0.1, 0.15) is 0 Å². The number of ether oxygens (including phenoxy) is 1. The molecular weight excluding hydrogens is 284 g/mol. The maximum atomic E-state index is 11.9. The first-order valence-electron chi connectivity index (χ1n) is 4.71. The fourth-order valence-corrected chi connectivity index (χ4v) is 3.54. The number of nitrogens with zero attached hydrogens (tertiary/aromatic N) is 1. The number of carboxylic acid groups (broad SMARTS) is 1. The Labute approximate surface area is 107 Å². The molecular formula is C8H12N2O6S2. The van der Waals surface area contributed by atoms with E-state index < -0.39 is 38.5 Å². The molecule has 0 aliphatic heterocycles. The molecule has 0 aromatic carbocycles. The summed E-state index contributed by atoms with van der Waals surface area (Å²) in [5.41, 5.74) is 0.587. The third-order valence-corrected chi connectivity index (χ3v) is 4.78. The molecule has 1 rings (SSSR count). The third-order valence-electron chi connectivity index (χ3n) is 1.89. The van der Waals surface area contributed by atoms with Gasteiger partial charge in [0.25, 0.3) is 10.0 Å². The van der Waals surface area contributed by atoms with Crippen LogP contribution in [0.4, 0.5) is 0 Å². The average Bonchev–Trinajstić information content (AvgIpc) is 2.77. The van der Waals surface area contributed by atoms with Crippen LogP contribution >= 0.6 is 11.3 Å². The lowest BCUT2D eigenvalue weighted by Gasteiger charge is -2.14. The summed E-state index contributed by atoms with van der Waals surface area (Å²) in [6, 6.07) is -0.844. The van der Waals surface area contributed by atoms with E-state index in [1.54, 1.807) is 0 Å². The van der Waals surface area contributed by atoms with Crippen LogP contribution in [0.2, 0.25) is 0 Å². The van der Waals surface area contributed by atoms with Crippen LogP contribution in [0.25, 0.3) is 0 Å². The fraction of sp³-hybridized carbons (Fsp3) is 0.500. The second kappa shape index (κ2) is 6.20. The minimum absolute atomic E-state index is 0.0308. The van der Waals surface area contributed by atoms with Gasteiger partial charge in [-0.15, -0.1) is 11.3 Å². The van der Waals surface area contributed by atoms with Crippen LogP contribution in [0, 0.1) is 0 Å². The first-order chi connectivity index (χ1) is 8.42. The Bertz CT molecular complexity index is 511. The zero-order valence-corrected chi connectivity index (χ0v) is 11.0. The van der Waals surface area contributed by atoms with E-state index in [-0.39, 0.29) is 6.61 Å². The number of rotatable bonds is 7. The minimum atomic E-state index is -4.04. The lowest BCUT2D eigenvalue weighted by Crippen LogP contribution is -2.40. The lowest BCUT2D eigenvalue weighted by atomic mass is 10.4. The molecule has 0 spiro atoms. The molecule has 1 atom stereocenters. The first-order valence-corrected chi connectivity index (χ1v) is 7.07. The van der Waals surface area contributed by atoms with E-state index in [1.807, 2.05) is 0 Å². The Hall–Kier alpha value is -1.07. The molecule has 3 N–H and O–H groups in total. The van der Waals surface area contributed by atoms with Gasteiger partial charge < -0.3 is 14.9 Å². The Balaban J connectivity index is 2.99. The summed E-state index contributed by atoms with van der Waals surface area (Å²) in [5, 5.41) is 17.8. The van der Waals surface area contributed by atoms with Crippen LogP contribution in [0.3, 0.4) is 0 Å². The van der Waals surface area contributed by atoms with Gasteiger partial charge in [-0.05, 0) is 0 Å². The number of nitrogens with one attached hydrogen (secondary N) is 1. The van der Waals surface area contributed by atoms with E-state index in [2.05, 4.69) is 9.71 Å². The van der Waals surface area contributed by atoms with Gasteiger partial charge in [-0.1, -0.05) is 0 Å². The largest absolute Gasteiger partial charge is 0.476 e. The van der Waals surface area contributed by atoms with Crippen molar-refractivity contribution in [1.29, 1.82) is 0 Å². The summed E-state index contributed by atoms with van der Waals surface area (Å²) >= 11 is 0.691. The van der Waals surface area contributed by atoms with Crippen molar-refractivity contribution in [2.75, 3.05) is 20.3 Å². The number of aromatic carboxylic acids is 1. The van der Waals surface area contributed by atoms with E-state index >= 15 is 0 Å². The quantitative estimate of drug-likeness (QED) is 0.597. The topological polar surface area (TPSA) is 126 Å². The van der Waals surface area contributed by atoms with Crippen LogP contribution in [0.5, 0.6) is 0 Å². The zero-order chi connectivity index (χ0) is 13.8. The monoisotopic (exact) mass is 296 g/mol. The van der Waals surface area contributed by atoms with E-state index in [1.165, 1.54) is 7.11 Å². The average molecular weight is 296 g/mol. The Morgan fingerprint density at radius 3 is 2.83 bits per heavy atom. The van der Waals surface area contributed by atoms with Gasteiger partial charge in [0, 0.05) is 7.11 Å². The molecule has 18 heavy (non-hydrogen) atoms. The van der Waals surface area contributed by atoms with E-state index in [4.69, 9.17) is 14.9 Å². The molecule has 10 heteroatoms. The van der Waals surface area contributed by atoms with Gasteiger partial charge in [0.05, 0.1) is 24.8 Å². The summed E-state index contributed by atoms with van der Waals surface area (Å²) in [6.45, 7) is -0.495. The van der Waals surface area contributed by atoms with Gasteiger partial charge in [-0.25, -0.2) is 22.9 Å². The van der Waals surface area contributed by atoms with Crippen LogP contribution in [-0.2, 0) is 14.8 Å². The van der Waals surface area contributed by atoms with Crippen LogP contribution in [0.15, 0.2) is 9.72 Å². The molecule has 102 valence electrons. The maximum Gasteiger partial charge on any atom is 0.356 e. The van der Waals surface area contributed by atoms with Crippen molar-refractivity contribution in [3.8, 4) is 0 Å². The van der Waals surface area contributed by atoms with Crippen molar-refractivity contribution in [2.24, 2.45) is 0 Å². The summed E-state index contributed by atoms with van der Waals surface area (Å²) in [5.74, 6) is -1.43. The van der Waals surface area contributed by atoms with Gasteiger partial charge in [0.2, 0.25) is 0 Å². The number of hydrogen-bond acceptors (Lipinski definition) is 7. The zero-order valence-electron chi connectivity index (χ0n) is 9.36. The van der Waals surface area contributed by atoms with Gasteiger partial charge in [0.15, 0.2) is 9.90 Å². The molecule has 0 fully saturated rings. The van der Waals surface area contributed by atoms with Crippen LogP contribution in [0.1, 0.15) is 10.5 Å². The number of aliphatic hydroxyl groups excluding tert-OH is 1. The predicted molar refractivity (Wildman–Crippen MR) is 62.1 cm³/mol. The van der Waals surface area contributed by atoms with E-state index in [0.29, 0.717) is 11.3 Å². The van der Waals surface area contributed by atoms with Crippen molar-refractivity contribution >= 4 is 27.3 Å². The van der Waals surface area contributed by atoms with Crippen LogP contribution in [-0.4, -0.2) is 55.9 Å². The Morgan fingerprint density at radius 1 is 1.67 bits per heavy atom. The third kappa shape index (κ3) is 3.46. The number of methoxy groups -OCH3 is 1. The number of thiazole rings is 1. The summed E-state index contributed by atoms with van der Waals surface area (Å²) in [4.78, 5) is 14.3. The molecule has 0 bridgehead atoms. The minimum Gasteiger partial charge on any atom is -0.476 e. The summed E-state index contributed by atoms with van der Waals surface area (Å²) < 4.78 is 30.3. The van der Waals surface area contributed by atoms with E-state index in [9.17, 15) is 13.2 Å². The van der Waals surface area contributed by atoms with E-state index in [0.717, 1.165) is 5.51 Å². The number of carboxylic acids is 1. The number of carbonyl (C=O) groups is 1. The first kappa shape index (κ1) is 15.0. The number of sulfonamides is 1. The second-order valence-corrected chi connectivity index (χ2v) is 6.01. The Morgan fingerprint density at radius 2 is 2.33 bits per heavy atom. The number of aliphatic hydroxyl groups is 1. The highest BCUT2D eigenvalue weighted by molar-refractivity contribution is 7.91. The fourth-order valence-electron chi connectivity index (χ4n) is 1.17. The number of aromatic nitrogens is 1. The van der Waals surface area contributed by atoms with Crippen molar-refractivity contribution in [3.05, 3.63) is 11.2 Å². The predicted octanol–water partition coefficient (Wildman–Crippen LogP) is -0.873. The molecule has 0 aliphatic rings. The molecule has 1 aromatic heterocycles. The second-order valence-electron chi connectivity index (χ2n) is 3.25. The molecule has 0 saturated heterocycles. The molecule has 1 heterocycles. The molecule has 1 aromatic rings. The van der Waals surface area contributed by atoms with Gasteiger partial charge in [-0.3, -0.25) is 0 Å². The van der Waals surface area contributed by atoms with Gasteiger partial charge >= 0.3 is 5.97 Å². The number of hydrogen-bond donors (Lipinski definition) is 3. The molecule has 0 aliphatic carbocycles. The van der Waals surface area contributed by atoms with Crippen molar-refractivity contribution in [1.82, 2.24) is 9.71 Å². The van der Waals surface area contributed by atoms with Crippen molar-refractivity contribution in [3.63, 3.8) is 0 Å². The Kier molecular flexibility index (Phi) is 5.16. The smallest absolute Gasteiger partial charge is 0.356 e. The molecule has 0 radical (unpaired) electrons. The standard InChI is InChI=1S/C8H12N2O6S2/c1-16-3-5(2-11)10-18(14,15)8-6(7(12)13)9-4-17-8/h4-5,10-11H,2-3H2,1H3,(H,12,13). The van der Waals surface area contributed by atoms with Crippen molar-refractivity contribution in [2.45, 2.75) is 10.3 Å². The van der Waals surface area contributed by atoms with Gasteiger partial charge in [-0.2, -0.15) is 0 Å². The highest BCUT2D eigenvalue weighted by Crippen LogP contribution is 2.20. The summed E-state index contributed by atoms with van der Waals surface area (Å²) in [6.07, 6.45) is 0. The lowest BCUT2D eigenvalue weighted by molar-refractivity contribution is 0.0687. The molecule has 0 amide bonds. The maximum absolute atomic E-state index is 11.9. The summed E-state index contributed by atoms with van der Waals surface area (Å²) in [7, 11) is -2.69. The highest BCUT2D eigenvalue weighted by Gasteiger charge is 2.27. The molecule has 0 saturated carbocycles. The highest BCUT2D eigenvalue weighted by atomic mass is 32.2. The normalized spacial score (nSPS) is 13.4. The molecule has 1 unspecified atom stereocenters. The molecule has 8 nitrogen and oxygen atoms in total.